The maximum Gasteiger partial charge on any atom is 0.241 e. The highest BCUT2D eigenvalue weighted by Crippen LogP contribution is 2.29. The van der Waals surface area contributed by atoms with Gasteiger partial charge in [0.2, 0.25) is 5.91 Å². The molecule has 1 aliphatic heterocycles. The second kappa shape index (κ2) is 5.54. The molecule has 1 amide bonds. The average Bonchev–Trinajstić information content (AvgIpc) is 2.80. The molecule has 1 heterocycles. The molecule has 1 fully saturated rings. The molecule has 1 aromatic carbocycles. The highest BCUT2D eigenvalue weighted by molar-refractivity contribution is 5.96. The molecule has 108 valence electrons. The average molecular weight is 274 g/mol. The predicted octanol–water partition coefficient (Wildman–Crippen LogP) is 1.83. The van der Waals surface area contributed by atoms with E-state index in [0.29, 0.717) is 6.54 Å². The molecule has 0 radical (unpaired) electrons. The number of amides is 1. The third-order valence-electron chi connectivity index (χ3n) is 4.51. The second-order valence-corrected chi connectivity index (χ2v) is 6.05. The Kier molecular flexibility index (Phi) is 3.76. The van der Waals surface area contributed by atoms with Crippen molar-refractivity contribution in [2.45, 2.75) is 50.2 Å². The predicted molar refractivity (Wildman–Crippen MR) is 78.6 cm³/mol. The van der Waals surface area contributed by atoms with Crippen molar-refractivity contribution in [1.82, 2.24) is 5.32 Å². The normalized spacial score (nSPS) is 24.9. The van der Waals surface area contributed by atoms with Crippen LogP contribution in [0.2, 0.25) is 0 Å². The van der Waals surface area contributed by atoms with Crippen molar-refractivity contribution in [3.05, 3.63) is 29.8 Å². The largest absolute Gasteiger partial charge is 0.389 e. The highest BCUT2D eigenvalue weighted by Gasteiger charge is 2.33. The van der Waals surface area contributed by atoms with Crippen LogP contribution in [0.25, 0.3) is 0 Å². The van der Waals surface area contributed by atoms with Gasteiger partial charge in [-0.3, -0.25) is 4.79 Å². The van der Waals surface area contributed by atoms with Gasteiger partial charge in [-0.15, -0.1) is 0 Å². The van der Waals surface area contributed by atoms with Crippen molar-refractivity contribution in [2.75, 3.05) is 11.9 Å². The summed E-state index contributed by atoms with van der Waals surface area (Å²) in [6.45, 7) is 0.515. The van der Waals surface area contributed by atoms with Gasteiger partial charge in [0.15, 0.2) is 0 Å². The van der Waals surface area contributed by atoms with E-state index >= 15 is 0 Å². The molecule has 0 spiro atoms. The quantitative estimate of drug-likeness (QED) is 0.788. The SMILES string of the molecule is O=C1Nc2ccccc2CCC1NCC1(O)CCCC1. The zero-order valence-corrected chi connectivity index (χ0v) is 11.7. The van der Waals surface area contributed by atoms with E-state index in [-0.39, 0.29) is 11.9 Å². The fraction of sp³-hybridized carbons (Fsp3) is 0.562. The molecular weight excluding hydrogens is 252 g/mol. The van der Waals surface area contributed by atoms with Gasteiger partial charge in [-0.05, 0) is 37.3 Å². The molecule has 1 saturated carbocycles. The van der Waals surface area contributed by atoms with E-state index in [9.17, 15) is 9.90 Å². The number of nitrogens with one attached hydrogen (secondary N) is 2. The first-order valence-corrected chi connectivity index (χ1v) is 7.51. The van der Waals surface area contributed by atoms with Crippen molar-refractivity contribution < 1.29 is 9.90 Å². The fourth-order valence-electron chi connectivity index (χ4n) is 3.23. The van der Waals surface area contributed by atoms with Crippen LogP contribution in [0.5, 0.6) is 0 Å². The Balaban J connectivity index is 1.63. The summed E-state index contributed by atoms with van der Waals surface area (Å²) >= 11 is 0. The molecule has 0 saturated heterocycles. The lowest BCUT2D eigenvalue weighted by atomic mass is 10.0. The summed E-state index contributed by atoms with van der Waals surface area (Å²) in [7, 11) is 0. The van der Waals surface area contributed by atoms with Crippen molar-refractivity contribution in [2.24, 2.45) is 0 Å². The molecule has 2 aliphatic rings. The highest BCUT2D eigenvalue weighted by atomic mass is 16.3. The molecule has 0 aromatic heterocycles. The van der Waals surface area contributed by atoms with E-state index in [4.69, 9.17) is 0 Å². The van der Waals surface area contributed by atoms with Crippen LogP contribution < -0.4 is 10.6 Å². The minimum atomic E-state index is -0.612. The fourth-order valence-corrected chi connectivity index (χ4v) is 3.23. The van der Waals surface area contributed by atoms with Crippen LogP contribution in [0.1, 0.15) is 37.7 Å². The van der Waals surface area contributed by atoms with E-state index in [1.807, 2.05) is 18.2 Å². The zero-order chi connectivity index (χ0) is 14.0. The van der Waals surface area contributed by atoms with Crippen LogP contribution in [-0.4, -0.2) is 29.2 Å². The number of hydrogen-bond donors (Lipinski definition) is 3. The lowest BCUT2D eigenvalue weighted by molar-refractivity contribution is -0.118. The first-order valence-electron chi connectivity index (χ1n) is 7.51. The number of benzene rings is 1. The molecule has 1 unspecified atom stereocenters. The zero-order valence-electron chi connectivity index (χ0n) is 11.7. The number of carbonyl (C=O) groups is 1. The molecule has 0 bridgehead atoms. The Morgan fingerprint density at radius 1 is 1.30 bits per heavy atom. The Morgan fingerprint density at radius 3 is 2.85 bits per heavy atom. The van der Waals surface area contributed by atoms with Gasteiger partial charge in [-0.1, -0.05) is 31.0 Å². The Morgan fingerprint density at radius 2 is 2.05 bits per heavy atom. The van der Waals surface area contributed by atoms with Crippen LogP contribution in [0.15, 0.2) is 24.3 Å². The van der Waals surface area contributed by atoms with Gasteiger partial charge in [0.05, 0.1) is 11.6 Å². The maximum absolute atomic E-state index is 12.2. The first kappa shape index (κ1) is 13.6. The molecule has 1 aromatic rings. The number of carbonyl (C=O) groups excluding carboxylic acids is 1. The summed E-state index contributed by atoms with van der Waals surface area (Å²) in [6.07, 6.45) is 5.51. The number of fused-ring (bicyclic) bond motifs is 1. The van der Waals surface area contributed by atoms with E-state index in [2.05, 4.69) is 16.7 Å². The van der Waals surface area contributed by atoms with Crippen LogP contribution in [0, 0.1) is 0 Å². The summed E-state index contributed by atoms with van der Waals surface area (Å²) in [4.78, 5) is 12.2. The van der Waals surface area contributed by atoms with E-state index in [1.54, 1.807) is 0 Å². The topological polar surface area (TPSA) is 61.4 Å². The van der Waals surface area contributed by atoms with Gasteiger partial charge in [0, 0.05) is 12.2 Å². The van der Waals surface area contributed by atoms with Gasteiger partial charge < -0.3 is 15.7 Å². The lowest BCUT2D eigenvalue weighted by Gasteiger charge is -2.25. The van der Waals surface area contributed by atoms with Crippen molar-refractivity contribution in [3.8, 4) is 0 Å². The Bertz CT molecular complexity index is 495. The summed E-state index contributed by atoms with van der Waals surface area (Å²) in [5.41, 5.74) is 1.49. The molecular formula is C16H22N2O2. The molecule has 3 N–H and O–H groups in total. The maximum atomic E-state index is 12.2. The van der Waals surface area contributed by atoms with Crippen LogP contribution in [0.3, 0.4) is 0 Å². The number of anilines is 1. The number of aryl methyl sites for hydroxylation is 1. The lowest BCUT2D eigenvalue weighted by Crippen LogP contribution is -2.47. The third kappa shape index (κ3) is 2.86. The number of rotatable bonds is 3. The number of hydrogen-bond acceptors (Lipinski definition) is 3. The number of aliphatic hydroxyl groups is 1. The van der Waals surface area contributed by atoms with Gasteiger partial charge in [0.1, 0.15) is 0 Å². The van der Waals surface area contributed by atoms with E-state index in [0.717, 1.165) is 44.2 Å². The van der Waals surface area contributed by atoms with E-state index < -0.39 is 5.60 Å². The smallest absolute Gasteiger partial charge is 0.241 e. The second-order valence-electron chi connectivity index (χ2n) is 6.05. The molecule has 3 rings (SSSR count). The minimum Gasteiger partial charge on any atom is -0.389 e. The summed E-state index contributed by atoms with van der Waals surface area (Å²) in [6, 6.07) is 7.73. The van der Waals surface area contributed by atoms with Crippen molar-refractivity contribution >= 4 is 11.6 Å². The molecule has 20 heavy (non-hydrogen) atoms. The van der Waals surface area contributed by atoms with E-state index in [1.165, 1.54) is 5.56 Å². The third-order valence-corrected chi connectivity index (χ3v) is 4.51. The molecule has 4 nitrogen and oxygen atoms in total. The standard InChI is InChI=1S/C16H22N2O2/c19-15-14(17-11-16(20)9-3-4-10-16)8-7-12-5-1-2-6-13(12)18-15/h1-2,5-6,14,17,20H,3-4,7-11H2,(H,18,19). The summed E-state index contributed by atoms with van der Waals surface area (Å²) in [5.74, 6) is 0.0107. The van der Waals surface area contributed by atoms with Crippen LogP contribution >= 0.6 is 0 Å². The summed E-state index contributed by atoms with van der Waals surface area (Å²) in [5, 5.41) is 16.6. The van der Waals surface area contributed by atoms with Gasteiger partial charge >= 0.3 is 0 Å². The van der Waals surface area contributed by atoms with Crippen LogP contribution in [0.4, 0.5) is 5.69 Å². The van der Waals surface area contributed by atoms with Gasteiger partial charge in [0.25, 0.3) is 0 Å². The molecule has 4 heteroatoms. The first-order chi connectivity index (χ1) is 9.66. The molecule has 1 atom stereocenters. The summed E-state index contributed by atoms with van der Waals surface area (Å²) < 4.78 is 0. The van der Waals surface area contributed by atoms with Crippen LogP contribution in [-0.2, 0) is 11.2 Å². The Labute approximate surface area is 119 Å². The monoisotopic (exact) mass is 274 g/mol. The van der Waals surface area contributed by atoms with Crippen molar-refractivity contribution in [1.29, 1.82) is 0 Å². The number of para-hydroxylation sites is 1. The minimum absolute atomic E-state index is 0.0107. The Hall–Kier alpha value is -1.39. The molecule has 1 aliphatic carbocycles. The van der Waals surface area contributed by atoms with Crippen molar-refractivity contribution in [3.63, 3.8) is 0 Å². The van der Waals surface area contributed by atoms with Gasteiger partial charge in [-0.2, -0.15) is 0 Å². The van der Waals surface area contributed by atoms with Gasteiger partial charge in [-0.25, -0.2) is 0 Å².